The fourth-order valence-electron chi connectivity index (χ4n) is 2.96. The number of para-hydroxylation sites is 1. The molecule has 0 atom stereocenters. The van der Waals surface area contributed by atoms with Crippen LogP contribution in [0, 0.1) is 0 Å². The van der Waals surface area contributed by atoms with E-state index in [0.717, 1.165) is 22.6 Å². The van der Waals surface area contributed by atoms with E-state index in [9.17, 15) is 4.79 Å². The maximum Gasteiger partial charge on any atom is 0.262 e. The predicted octanol–water partition coefficient (Wildman–Crippen LogP) is 5.31. The first kappa shape index (κ1) is 20.7. The normalized spacial score (nSPS) is 11.3. The molecule has 1 aromatic heterocycles. The summed E-state index contributed by atoms with van der Waals surface area (Å²) in [5.41, 5.74) is 2.69. The van der Waals surface area contributed by atoms with Crippen LogP contribution in [0.1, 0.15) is 37.7 Å². The van der Waals surface area contributed by atoms with Gasteiger partial charge in [0.05, 0.1) is 12.9 Å². The zero-order chi connectivity index (χ0) is 20.7. The molecule has 1 N–H and O–H groups in total. The van der Waals surface area contributed by atoms with E-state index in [-0.39, 0.29) is 17.9 Å². The van der Waals surface area contributed by atoms with Crippen LogP contribution in [0.2, 0.25) is 0 Å². The number of furan rings is 1. The van der Waals surface area contributed by atoms with Crippen molar-refractivity contribution in [2.75, 3.05) is 11.9 Å². The van der Waals surface area contributed by atoms with E-state index >= 15 is 0 Å². The molecule has 0 fully saturated rings. The minimum atomic E-state index is -0.206. The first-order valence-corrected chi connectivity index (χ1v) is 9.63. The van der Waals surface area contributed by atoms with Crippen LogP contribution in [0.3, 0.4) is 0 Å². The molecule has 1 heterocycles. The van der Waals surface area contributed by atoms with Crippen molar-refractivity contribution in [2.45, 2.75) is 39.4 Å². The third kappa shape index (κ3) is 6.22. The van der Waals surface area contributed by atoms with Gasteiger partial charge in [-0.05, 0) is 46.9 Å². The monoisotopic (exact) mass is 393 g/mol. The molecule has 5 nitrogen and oxygen atoms in total. The number of carbonyl (C=O) groups excluding carboxylic acids is 1. The summed E-state index contributed by atoms with van der Waals surface area (Å²) in [4.78, 5) is 12.3. The standard InChI is InChI=1S/C24H27NO4/c1-24(2,3)21-11-4-5-12-22(21)29-17-23(26)25-19-9-6-8-18(14-19)15-27-16-20-10-7-13-28-20/h4-14H,15-17H2,1-3H3,(H,25,26). The van der Waals surface area contributed by atoms with Gasteiger partial charge in [0.2, 0.25) is 0 Å². The maximum absolute atomic E-state index is 12.3. The number of amides is 1. The van der Waals surface area contributed by atoms with Gasteiger partial charge in [0.15, 0.2) is 6.61 Å². The van der Waals surface area contributed by atoms with Crippen LogP contribution in [0.25, 0.3) is 0 Å². The quantitative estimate of drug-likeness (QED) is 0.563. The van der Waals surface area contributed by atoms with E-state index in [1.807, 2.05) is 60.7 Å². The summed E-state index contributed by atoms with van der Waals surface area (Å²) in [6.07, 6.45) is 1.62. The second kappa shape index (κ2) is 9.43. The number of hydrogen-bond acceptors (Lipinski definition) is 4. The van der Waals surface area contributed by atoms with E-state index in [1.165, 1.54) is 0 Å². The molecule has 0 unspecified atom stereocenters. The lowest BCUT2D eigenvalue weighted by Gasteiger charge is -2.22. The van der Waals surface area contributed by atoms with Gasteiger partial charge in [0, 0.05) is 5.69 Å². The van der Waals surface area contributed by atoms with Gasteiger partial charge in [-0.25, -0.2) is 0 Å². The molecule has 0 aliphatic rings. The molecule has 152 valence electrons. The van der Waals surface area contributed by atoms with Gasteiger partial charge in [-0.15, -0.1) is 0 Å². The highest BCUT2D eigenvalue weighted by Crippen LogP contribution is 2.30. The molecule has 0 spiro atoms. The largest absolute Gasteiger partial charge is 0.483 e. The van der Waals surface area contributed by atoms with Crippen molar-refractivity contribution in [1.82, 2.24) is 0 Å². The highest BCUT2D eigenvalue weighted by molar-refractivity contribution is 5.91. The average molecular weight is 393 g/mol. The number of hydrogen-bond donors (Lipinski definition) is 1. The fourth-order valence-corrected chi connectivity index (χ4v) is 2.96. The van der Waals surface area contributed by atoms with Gasteiger partial charge >= 0.3 is 0 Å². The Bertz CT molecular complexity index is 926. The number of rotatable bonds is 8. The number of anilines is 1. The molecular formula is C24H27NO4. The van der Waals surface area contributed by atoms with Crippen LogP contribution in [-0.4, -0.2) is 12.5 Å². The van der Waals surface area contributed by atoms with Crippen LogP contribution in [0.5, 0.6) is 5.75 Å². The summed E-state index contributed by atoms with van der Waals surface area (Å²) in [5, 5.41) is 2.88. The van der Waals surface area contributed by atoms with E-state index in [2.05, 4.69) is 26.1 Å². The minimum absolute atomic E-state index is 0.0493. The number of benzene rings is 2. The summed E-state index contributed by atoms with van der Waals surface area (Å²) < 4.78 is 16.7. The third-order valence-corrected chi connectivity index (χ3v) is 4.36. The Hall–Kier alpha value is -3.05. The smallest absolute Gasteiger partial charge is 0.262 e. The van der Waals surface area contributed by atoms with Gasteiger partial charge in [-0.2, -0.15) is 0 Å². The second-order valence-corrected chi connectivity index (χ2v) is 7.86. The molecule has 0 bridgehead atoms. The molecule has 3 aromatic rings. The summed E-state index contributed by atoms with van der Waals surface area (Å²) in [6.45, 7) is 7.15. The lowest BCUT2D eigenvalue weighted by atomic mass is 9.86. The molecule has 5 heteroatoms. The average Bonchev–Trinajstić information content (AvgIpc) is 3.20. The lowest BCUT2D eigenvalue weighted by molar-refractivity contribution is -0.118. The van der Waals surface area contributed by atoms with Crippen LogP contribution in [0.4, 0.5) is 5.69 Å². The van der Waals surface area contributed by atoms with Crippen molar-refractivity contribution >= 4 is 11.6 Å². The molecule has 0 saturated heterocycles. The fraction of sp³-hybridized carbons (Fsp3) is 0.292. The summed E-state index contributed by atoms with van der Waals surface area (Å²) in [5.74, 6) is 1.31. The van der Waals surface area contributed by atoms with Gasteiger partial charge in [0.1, 0.15) is 18.1 Å². The Morgan fingerprint density at radius 2 is 1.83 bits per heavy atom. The second-order valence-electron chi connectivity index (χ2n) is 7.86. The van der Waals surface area contributed by atoms with E-state index in [1.54, 1.807) is 6.26 Å². The Labute approximate surface area is 171 Å². The zero-order valence-electron chi connectivity index (χ0n) is 17.1. The predicted molar refractivity (Wildman–Crippen MR) is 113 cm³/mol. The van der Waals surface area contributed by atoms with E-state index in [0.29, 0.717) is 18.9 Å². The molecule has 3 rings (SSSR count). The zero-order valence-corrected chi connectivity index (χ0v) is 17.1. The van der Waals surface area contributed by atoms with Gasteiger partial charge in [0.25, 0.3) is 5.91 Å². The van der Waals surface area contributed by atoms with E-state index < -0.39 is 0 Å². The van der Waals surface area contributed by atoms with E-state index in [4.69, 9.17) is 13.9 Å². The Morgan fingerprint density at radius 1 is 1.00 bits per heavy atom. The highest BCUT2D eigenvalue weighted by atomic mass is 16.5. The van der Waals surface area contributed by atoms with Crippen LogP contribution >= 0.6 is 0 Å². The van der Waals surface area contributed by atoms with Crippen LogP contribution in [-0.2, 0) is 28.2 Å². The molecule has 29 heavy (non-hydrogen) atoms. The van der Waals surface area contributed by atoms with Gasteiger partial charge in [-0.1, -0.05) is 51.1 Å². The Morgan fingerprint density at radius 3 is 2.59 bits per heavy atom. The highest BCUT2D eigenvalue weighted by Gasteiger charge is 2.18. The van der Waals surface area contributed by atoms with Gasteiger partial charge in [-0.3, -0.25) is 4.79 Å². The molecular weight excluding hydrogens is 366 g/mol. The van der Waals surface area contributed by atoms with Crippen molar-refractivity contribution < 1.29 is 18.7 Å². The van der Waals surface area contributed by atoms with Crippen molar-refractivity contribution in [3.05, 3.63) is 83.8 Å². The topological polar surface area (TPSA) is 60.7 Å². The number of carbonyl (C=O) groups is 1. The molecule has 0 saturated carbocycles. The van der Waals surface area contributed by atoms with Gasteiger partial charge < -0.3 is 19.2 Å². The molecule has 0 radical (unpaired) electrons. The van der Waals surface area contributed by atoms with Crippen LogP contribution in [0.15, 0.2) is 71.3 Å². The molecule has 0 aliphatic heterocycles. The summed E-state index contributed by atoms with van der Waals surface area (Å²) in [7, 11) is 0. The Balaban J connectivity index is 1.52. The number of ether oxygens (including phenoxy) is 2. The SMILES string of the molecule is CC(C)(C)c1ccccc1OCC(=O)Nc1cccc(COCc2ccco2)c1. The minimum Gasteiger partial charge on any atom is -0.483 e. The molecule has 1 amide bonds. The van der Waals surface area contributed by atoms with Crippen molar-refractivity contribution in [3.63, 3.8) is 0 Å². The lowest BCUT2D eigenvalue weighted by Crippen LogP contribution is -2.22. The third-order valence-electron chi connectivity index (χ3n) is 4.36. The van der Waals surface area contributed by atoms with Crippen LogP contribution < -0.4 is 10.1 Å². The Kier molecular flexibility index (Phi) is 6.73. The van der Waals surface area contributed by atoms with Crippen molar-refractivity contribution in [1.29, 1.82) is 0 Å². The van der Waals surface area contributed by atoms with Crippen molar-refractivity contribution in [3.8, 4) is 5.75 Å². The summed E-state index contributed by atoms with van der Waals surface area (Å²) in [6, 6.07) is 19.1. The first-order valence-electron chi connectivity index (χ1n) is 9.63. The molecule has 2 aromatic carbocycles. The number of nitrogens with one attached hydrogen (secondary N) is 1. The first-order chi connectivity index (χ1) is 13.9. The maximum atomic E-state index is 12.3. The molecule has 0 aliphatic carbocycles. The summed E-state index contributed by atoms with van der Waals surface area (Å²) >= 11 is 0. The van der Waals surface area contributed by atoms with Crippen molar-refractivity contribution in [2.24, 2.45) is 0 Å².